The molecular formula is C22H24N3OS+. The average Bonchev–Trinajstić information content (AvgIpc) is 3.05. The second-order valence-electron chi connectivity index (χ2n) is 7.86. The van der Waals surface area contributed by atoms with Gasteiger partial charge in [0, 0.05) is 6.42 Å². The highest BCUT2D eigenvalue weighted by atomic mass is 32.1. The van der Waals surface area contributed by atoms with Gasteiger partial charge in [-0.1, -0.05) is 36.4 Å². The van der Waals surface area contributed by atoms with E-state index >= 15 is 0 Å². The molecule has 3 aromatic rings. The highest BCUT2D eigenvalue weighted by Crippen LogP contribution is 2.39. The Bertz CT molecular complexity index is 1040. The number of hydrogen-bond donors (Lipinski definition) is 3. The second-order valence-corrected chi connectivity index (χ2v) is 8.96. The van der Waals surface area contributed by atoms with Crippen molar-refractivity contribution in [2.24, 2.45) is 0 Å². The average molecular weight is 379 g/mol. The summed E-state index contributed by atoms with van der Waals surface area (Å²) in [6.07, 6.45) is 0.813. The Labute approximate surface area is 163 Å². The molecule has 2 aromatic carbocycles. The normalized spacial score (nSPS) is 21.5. The Balaban J connectivity index is 1.48. The molecule has 0 radical (unpaired) electrons. The van der Waals surface area contributed by atoms with Crippen molar-refractivity contribution in [3.63, 3.8) is 0 Å². The third-order valence-corrected chi connectivity index (χ3v) is 7.04. The molecule has 2 atom stereocenters. The van der Waals surface area contributed by atoms with E-state index < -0.39 is 0 Å². The van der Waals surface area contributed by atoms with Gasteiger partial charge in [0.1, 0.15) is 17.7 Å². The smallest absolute Gasteiger partial charge is 0.256 e. The molecule has 138 valence electrons. The van der Waals surface area contributed by atoms with Gasteiger partial charge in [0.05, 0.1) is 23.0 Å². The SMILES string of the molecule is CC(C)[NH+]1CCc2c(sc3c2C(=O)N[C@H](c2ccc4ccccc4c2)N3)C1. The number of quaternary nitrogens is 1. The second kappa shape index (κ2) is 6.36. The van der Waals surface area contributed by atoms with Crippen molar-refractivity contribution >= 4 is 33.0 Å². The van der Waals surface area contributed by atoms with Gasteiger partial charge in [0.25, 0.3) is 5.91 Å². The van der Waals surface area contributed by atoms with Gasteiger partial charge in [-0.15, -0.1) is 11.3 Å². The van der Waals surface area contributed by atoms with Crippen molar-refractivity contribution < 1.29 is 9.69 Å². The minimum atomic E-state index is -0.178. The number of benzene rings is 2. The monoisotopic (exact) mass is 378 g/mol. The number of carbonyl (C=O) groups is 1. The molecule has 0 saturated heterocycles. The van der Waals surface area contributed by atoms with Gasteiger partial charge in [-0.3, -0.25) is 4.79 Å². The van der Waals surface area contributed by atoms with Crippen LogP contribution < -0.4 is 15.5 Å². The van der Waals surface area contributed by atoms with Gasteiger partial charge in [-0.2, -0.15) is 0 Å². The van der Waals surface area contributed by atoms with Crippen LogP contribution in [0.1, 0.15) is 46.4 Å². The topological polar surface area (TPSA) is 45.6 Å². The summed E-state index contributed by atoms with van der Waals surface area (Å²) in [5, 5.41) is 10.2. The molecule has 4 nitrogen and oxygen atoms in total. The van der Waals surface area contributed by atoms with Crippen LogP contribution >= 0.6 is 11.3 Å². The lowest BCUT2D eigenvalue weighted by molar-refractivity contribution is -0.936. The zero-order chi connectivity index (χ0) is 18.5. The molecule has 0 bridgehead atoms. The first-order valence-electron chi connectivity index (χ1n) is 9.65. The van der Waals surface area contributed by atoms with Crippen molar-refractivity contribution in [2.45, 2.75) is 39.0 Å². The van der Waals surface area contributed by atoms with Crippen molar-refractivity contribution in [3.8, 4) is 0 Å². The first-order chi connectivity index (χ1) is 13.1. The van der Waals surface area contributed by atoms with E-state index in [9.17, 15) is 4.79 Å². The lowest BCUT2D eigenvalue weighted by atomic mass is 9.99. The van der Waals surface area contributed by atoms with Crippen LogP contribution in [0, 0.1) is 0 Å². The van der Waals surface area contributed by atoms with Crippen molar-refractivity contribution in [3.05, 3.63) is 64.0 Å². The number of hydrogen-bond acceptors (Lipinski definition) is 3. The van der Waals surface area contributed by atoms with Crippen LogP contribution in [0.2, 0.25) is 0 Å². The van der Waals surface area contributed by atoms with Crippen LogP contribution in [0.5, 0.6) is 0 Å². The van der Waals surface area contributed by atoms with E-state index in [2.05, 4.69) is 54.8 Å². The molecule has 5 rings (SSSR count). The van der Waals surface area contributed by atoms with E-state index in [0.717, 1.165) is 35.6 Å². The number of nitrogens with one attached hydrogen (secondary N) is 3. The summed E-state index contributed by atoms with van der Waals surface area (Å²) in [5.74, 6) is 0.0624. The molecule has 3 heterocycles. The maximum absolute atomic E-state index is 12.9. The molecule has 2 aliphatic rings. The Morgan fingerprint density at radius 2 is 1.93 bits per heavy atom. The fourth-order valence-electron chi connectivity index (χ4n) is 4.26. The predicted octanol–water partition coefficient (Wildman–Crippen LogP) is 3.10. The summed E-state index contributed by atoms with van der Waals surface area (Å²) < 4.78 is 0. The highest BCUT2D eigenvalue weighted by molar-refractivity contribution is 7.16. The predicted molar refractivity (Wildman–Crippen MR) is 110 cm³/mol. The van der Waals surface area contributed by atoms with Gasteiger partial charge in [-0.05, 0) is 41.8 Å². The van der Waals surface area contributed by atoms with Gasteiger partial charge < -0.3 is 15.5 Å². The summed E-state index contributed by atoms with van der Waals surface area (Å²) >= 11 is 1.77. The molecule has 27 heavy (non-hydrogen) atoms. The minimum Gasteiger partial charge on any atom is -0.353 e. The Morgan fingerprint density at radius 1 is 1.11 bits per heavy atom. The van der Waals surface area contributed by atoms with Gasteiger partial charge in [0.15, 0.2) is 0 Å². The summed E-state index contributed by atoms with van der Waals surface area (Å²) in [6, 6.07) is 15.3. The summed E-state index contributed by atoms with van der Waals surface area (Å²) in [6.45, 7) is 6.68. The number of rotatable bonds is 2. The van der Waals surface area contributed by atoms with E-state index in [1.165, 1.54) is 21.2 Å². The van der Waals surface area contributed by atoms with Gasteiger partial charge in [-0.25, -0.2) is 0 Å². The summed E-state index contributed by atoms with van der Waals surface area (Å²) in [4.78, 5) is 15.9. The number of carbonyl (C=O) groups excluding carboxylic acids is 1. The highest BCUT2D eigenvalue weighted by Gasteiger charge is 2.35. The number of fused-ring (bicyclic) bond motifs is 4. The van der Waals surface area contributed by atoms with E-state index in [1.807, 2.05) is 12.1 Å². The lowest BCUT2D eigenvalue weighted by Crippen LogP contribution is -3.14. The van der Waals surface area contributed by atoms with Crippen LogP contribution in [0.4, 0.5) is 5.00 Å². The van der Waals surface area contributed by atoms with E-state index in [1.54, 1.807) is 16.2 Å². The molecule has 1 unspecified atom stereocenters. The van der Waals surface area contributed by atoms with E-state index in [4.69, 9.17) is 0 Å². The molecular weight excluding hydrogens is 354 g/mol. The molecule has 0 spiro atoms. The summed E-state index contributed by atoms with van der Waals surface area (Å²) in [7, 11) is 0. The van der Waals surface area contributed by atoms with Gasteiger partial charge >= 0.3 is 0 Å². The standard InChI is InChI=1S/C22H23N3OS/c1-13(2)25-10-9-17-18(12-25)27-22-19(17)21(26)23-20(24-22)16-8-7-14-5-3-4-6-15(14)11-16/h3-8,11,13,20,24H,9-10,12H2,1-2H3,(H,23,26)/p+1/t20-/m0/s1. The van der Waals surface area contributed by atoms with E-state index in [-0.39, 0.29) is 12.1 Å². The van der Waals surface area contributed by atoms with Crippen LogP contribution in [0.25, 0.3) is 10.8 Å². The fourth-order valence-corrected chi connectivity index (χ4v) is 5.58. The van der Waals surface area contributed by atoms with Crippen LogP contribution in [-0.4, -0.2) is 18.5 Å². The van der Waals surface area contributed by atoms with Crippen molar-refractivity contribution in [1.29, 1.82) is 0 Å². The largest absolute Gasteiger partial charge is 0.353 e. The molecule has 5 heteroatoms. The quantitative estimate of drug-likeness (QED) is 0.642. The molecule has 2 aliphatic heterocycles. The molecule has 0 fully saturated rings. The zero-order valence-electron chi connectivity index (χ0n) is 15.6. The number of thiophene rings is 1. The summed E-state index contributed by atoms with van der Waals surface area (Å²) in [5.41, 5.74) is 3.24. The lowest BCUT2D eigenvalue weighted by Gasteiger charge is -2.28. The van der Waals surface area contributed by atoms with Gasteiger partial charge in [0.2, 0.25) is 0 Å². The first-order valence-corrected chi connectivity index (χ1v) is 10.5. The fraction of sp³-hybridized carbons (Fsp3) is 0.318. The molecule has 1 aromatic heterocycles. The molecule has 0 saturated carbocycles. The Hall–Kier alpha value is -2.37. The van der Waals surface area contributed by atoms with Crippen LogP contribution in [-0.2, 0) is 13.0 Å². The maximum atomic E-state index is 12.9. The van der Waals surface area contributed by atoms with Crippen LogP contribution in [0.3, 0.4) is 0 Å². The Morgan fingerprint density at radius 3 is 2.74 bits per heavy atom. The maximum Gasteiger partial charge on any atom is 0.256 e. The zero-order valence-corrected chi connectivity index (χ0v) is 16.5. The minimum absolute atomic E-state index is 0.0624. The number of anilines is 1. The molecule has 1 amide bonds. The van der Waals surface area contributed by atoms with Crippen LogP contribution in [0.15, 0.2) is 42.5 Å². The third-order valence-electron chi connectivity index (χ3n) is 5.88. The molecule has 3 N–H and O–H groups in total. The van der Waals surface area contributed by atoms with E-state index in [0.29, 0.717) is 6.04 Å². The first kappa shape index (κ1) is 16.8. The molecule has 0 aliphatic carbocycles. The van der Waals surface area contributed by atoms with Crippen molar-refractivity contribution in [1.82, 2.24) is 5.32 Å². The number of amides is 1. The van der Waals surface area contributed by atoms with Crippen molar-refractivity contribution in [2.75, 3.05) is 11.9 Å². The Kier molecular flexibility index (Phi) is 3.95. The third kappa shape index (κ3) is 2.82.